The molecule has 0 saturated heterocycles. The Morgan fingerprint density at radius 1 is 1.38 bits per heavy atom. The summed E-state index contributed by atoms with van der Waals surface area (Å²) in [5.74, 6) is 1.02. The van der Waals surface area contributed by atoms with Gasteiger partial charge in [0.05, 0.1) is 17.1 Å². The van der Waals surface area contributed by atoms with Crippen LogP contribution >= 0.6 is 0 Å². The van der Waals surface area contributed by atoms with Crippen LogP contribution in [0, 0.1) is 0 Å². The maximum absolute atomic E-state index is 4.59. The van der Waals surface area contributed by atoms with Crippen molar-refractivity contribution in [3.05, 3.63) is 29.6 Å². The molecule has 0 bridgehead atoms. The summed E-state index contributed by atoms with van der Waals surface area (Å²) in [4.78, 5) is 7.97. The molecule has 0 radical (unpaired) electrons. The monoisotopic (exact) mass is 217 g/mol. The number of nitrogens with zero attached hydrogens (tertiary/aromatic N) is 1. The summed E-state index contributed by atoms with van der Waals surface area (Å²) >= 11 is 0. The molecular formula is C13H19N3. The molecule has 0 saturated carbocycles. The SMILES string of the molecule is CCNC(C)c1nc2ccc(CC)cc2[nH]1. The normalized spacial score (nSPS) is 13.2. The van der Waals surface area contributed by atoms with Crippen molar-refractivity contribution in [1.82, 2.24) is 15.3 Å². The Morgan fingerprint density at radius 2 is 2.19 bits per heavy atom. The van der Waals surface area contributed by atoms with Gasteiger partial charge in [-0.2, -0.15) is 0 Å². The standard InChI is InChI=1S/C13H19N3/c1-4-10-6-7-11-12(8-10)16-13(15-11)9(3)14-5-2/h6-9,14H,4-5H2,1-3H3,(H,15,16). The van der Waals surface area contributed by atoms with E-state index in [9.17, 15) is 0 Å². The summed E-state index contributed by atoms with van der Waals surface area (Å²) in [6.45, 7) is 7.36. The molecule has 0 fully saturated rings. The van der Waals surface area contributed by atoms with Gasteiger partial charge in [-0.25, -0.2) is 4.98 Å². The summed E-state index contributed by atoms with van der Waals surface area (Å²) in [6, 6.07) is 6.70. The molecule has 0 aliphatic carbocycles. The molecule has 1 aromatic heterocycles. The molecule has 1 heterocycles. The second-order valence-electron chi connectivity index (χ2n) is 4.11. The molecule has 1 unspecified atom stereocenters. The molecule has 0 spiro atoms. The van der Waals surface area contributed by atoms with Gasteiger partial charge in [-0.15, -0.1) is 0 Å². The summed E-state index contributed by atoms with van der Waals surface area (Å²) in [7, 11) is 0. The Hall–Kier alpha value is -1.35. The predicted molar refractivity (Wildman–Crippen MR) is 67.6 cm³/mol. The van der Waals surface area contributed by atoms with Gasteiger partial charge in [0.25, 0.3) is 0 Å². The first-order valence-corrected chi connectivity index (χ1v) is 5.96. The lowest BCUT2D eigenvalue weighted by Gasteiger charge is -2.07. The lowest BCUT2D eigenvalue weighted by molar-refractivity contribution is 0.573. The van der Waals surface area contributed by atoms with Crippen molar-refractivity contribution >= 4 is 11.0 Å². The number of hydrogen-bond acceptors (Lipinski definition) is 2. The maximum Gasteiger partial charge on any atom is 0.124 e. The van der Waals surface area contributed by atoms with Crippen molar-refractivity contribution in [3.8, 4) is 0 Å². The minimum atomic E-state index is 0.280. The van der Waals surface area contributed by atoms with Crippen LogP contribution in [0.5, 0.6) is 0 Å². The van der Waals surface area contributed by atoms with Crippen LogP contribution in [0.4, 0.5) is 0 Å². The number of fused-ring (bicyclic) bond motifs is 1. The average Bonchev–Trinajstić information content (AvgIpc) is 2.71. The molecule has 0 amide bonds. The highest BCUT2D eigenvalue weighted by atomic mass is 15.0. The van der Waals surface area contributed by atoms with E-state index in [2.05, 4.69) is 54.3 Å². The zero-order valence-electron chi connectivity index (χ0n) is 10.2. The molecule has 2 N–H and O–H groups in total. The minimum absolute atomic E-state index is 0.280. The Labute approximate surface area is 96.3 Å². The van der Waals surface area contributed by atoms with Crippen molar-refractivity contribution in [1.29, 1.82) is 0 Å². The van der Waals surface area contributed by atoms with Gasteiger partial charge in [0.15, 0.2) is 0 Å². The van der Waals surface area contributed by atoms with Gasteiger partial charge in [0.2, 0.25) is 0 Å². The van der Waals surface area contributed by atoms with Gasteiger partial charge < -0.3 is 10.3 Å². The number of nitrogens with one attached hydrogen (secondary N) is 2. The number of aromatic nitrogens is 2. The summed E-state index contributed by atoms with van der Waals surface area (Å²) < 4.78 is 0. The van der Waals surface area contributed by atoms with E-state index in [4.69, 9.17) is 0 Å². The van der Waals surface area contributed by atoms with Crippen LogP contribution < -0.4 is 5.32 Å². The fraction of sp³-hybridized carbons (Fsp3) is 0.462. The van der Waals surface area contributed by atoms with Crippen LogP contribution in [0.25, 0.3) is 11.0 Å². The zero-order valence-corrected chi connectivity index (χ0v) is 10.2. The van der Waals surface area contributed by atoms with Crippen molar-refractivity contribution < 1.29 is 0 Å². The summed E-state index contributed by atoms with van der Waals surface area (Å²) in [5.41, 5.74) is 3.54. The number of aromatic amines is 1. The molecular weight excluding hydrogens is 198 g/mol. The summed E-state index contributed by atoms with van der Waals surface area (Å²) in [6.07, 6.45) is 1.06. The van der Waals surface area contributed by atoms with Crippen molar-refractivity contribution in [2.45, 2.75) is 33.2 Å². The highest BCUT2D eigenvalue weighted by molar-refractivity contribution is 5.75. The molecule has 1 aromatic carbocycles. The first kappa shape index (κ1) is 11.1. The van der Waals surface area contributed by atoms with Gasteiger partial charge >= 0.3 is 0 Å². The van der Waals surface area contributed by atoms with E-state index in [0.29, 0.717) is 0 Å². The Bertz CT molecular complexity index is 473. The fourth-order valence-corrected chi connectivity index (χ4v) is 1.90. The topological polar surface area (TPSA) is 40.7 Å². The molecule has 3 nitrogen and oxygen atoms in total. The van der Waals surface area contributed by atoms with Crippen LogP contribution in [0.1, 0.15) is 38.2 Å². The van der Waals surface area contributed by atoms with Crippen molar-refractivity contribution in [3.63, 3.8) is 0 Å². The first-order chi connectivity index (χ1) is 7.74. The van der Waals surface area contributed by atoms with E-state index >= 15 is 0 Å². The number of rotatable bonds is 4. The van der Waals surface area contributed by atoms with Crippen LogP contribution in [0.15, 0.2) is 18.2 Å². The van der Waals surface area contributed by atoms with Gasteiger partial charge in [-0.3, -0.25) is 0 Å². The number of imidazole rings is 1. The van der Waals surface area contributed by atoms with E-state index in [0.717, 1.165) is 29.8 Å². The number of aryl methyl sites for hydroxylation is 1. The first-order valence-electron chi connectivity index (χ1n) is 5.96. The Morgan fingerprint density at radius 3 is 2.88 bits per heavy atom. The average molecular weight is 217 g/mol. The minimum Gasteiger partial charge on any atom is -0.341 e. The Kier molecular flexibility index (Phi) is 3.25. The highest BCUT2D eigenvalue weighted by Gasteiger charge is 2.09. The van der Waals surface area contributed by atoms with E-state index < -0.39 is 0 Å². The third-order valence-electron chi connectivity index (χ3n) is 2.89. The quantitative estimate of drug-likeness (QED) is 0.826. The number of benzene rings is 1. The van der Waals surface area contributed by atoms with Crippen LogP contribution in [-0.2, 0) is 6.42 Å². The van der Waals surface area contributed by atoms with E-state index in [1.807, 2.05) is 0 Å². The fourth-order valence-electron chi connectivity index (χ4n) is 1.90. The molecule has 0 aliphatic rings. The molecule has 0 aliphatic heterocycles. The molecule has 86 valence electrons. The number of hydrogen-bond donors (Lipinski definition) is 2. The van der Waals surface area contributed by atoms with Gasteiger partial charge in [-0.1, -0.05) is 19.9 Å². The van der Waals surface area contributed by atoms with Gasteiger partial charge in [-0.05, 0) is 37.6 Å². The van der Waals surface area contributed by atoms with E-state index in [-0.39, 0.29) is 6.04 Å². The second kappa shape index (κ2) is 4.66. The lowest BCUT2D eigenvalue weighted by Crippen LogP contribution is -2.18. The third kappa shape index (κ3) is 2.09. The van der Waals surface area contributed by atoms with Crippen molar-refractivity contribution in [2.24, 2.45) is 0 Å². The van der Waals surface area contributed by atoms with Gasteiger partial charge in [0, 0.05) is 0 Å². The molecule has 2 aromatic rings. The van der Waals surface area contributed by atoms with Crippen LogP contribution in [0.3, 0.4) is 0 Å². The van der Waals surface area contributed by atoms with Crippen LogP contribution in [-0.4, -0.2) is 16.5 Å². The van der Waals surface area contributed by atoms with E-state index in [1.165, 1.54) is 5.56 Å². The van der Waals surface area contributed by atoms with Crippen LogP contribution in [0.2, 0.25) is 0 Å². The zero-order chi connectivity index (χ0) is 11.5. The molecule has 3 heteroatoms. The summed E-state index contributed by atoms with van der Waals surface area (Å²) in [5, 5.41) is 3.36. The third-order valence-corrected chi connectivity index (χ3v) is 2.89. The predicted octanol–water partition coefficient (Wildman–Crippen LogP) is 2.80. The second-order valence-corrected chi connectivity index (χ2v) is 4.11. The molecule has 1 atom stereocenters. The molecule has 16 heavy (non-hydrogen) atoms. The number of H-pyrrole nitrogens is 1. The highest BCUT2D eigenvalue weighted by Crippen LogP contribution is 2.17. The largest absolute Gasteiger partial charge is 0.341 e. The Balaban J connectivity index is 2.35. The van der Waals surface area contributed by atoms with Gasteiger partial charge in [0.1, 0.15) is 5.82 Å². The smallest absolute Gasteiger partial charge is 0.124 e. The lowest BCUT2D eigenvalue weighted by atomic mass is 10.1. The maximum atomic E-state index is 4.59. The van der Waals surface area contributed by atoms with E-state index in [1.54, 1.807) is 0 Å². The van der Waals surface area contributed by atoms with Crippen molar-refractivity contribution in [2.75, 3.05) is 6.54 Å². The molecule has 2 rings (SSSR count).